The molecular formula is C24H18FN3O5S. The molecule has 172 valence electrons. The number of hydrogen-bond donors (Lipinski definition) is 1. The van der Waals surface area contributed by atoms with E-state index in [0.29, 0.717) is 27.5 Å². The molecule has 0 atom stereocenters. The highest BCUT2D eigenvalue weighted by molar-refractivity contribution is 7.13. The molecule has 0 aliphatic carbocycles. The summed E-state index contributed by atoms with van der Waals surface area (Å²) >= 11 is 1.27. The maximum atomic E-state index is 14.2. The minimum absolute atomic E-state index is 0.134. The van der Waals surface area contributed by atoms with Crippen molar-refractivity contribution in [3.05, 3.63) is 87.5 Å². The number of halogens is 1. The van der Waals surface area contributed by atoms with E-state index in [2.05, 4.69) is 10.3 Å². The van der Waals surface area contributed by atoms with Gasteiger partial charge in [-0.15, -0.1) is 11.3 Å². The van der Waals surface area contributed by atoms with Crippen LogP contribution in [0.2, 0.25) is 0 Å². The normalized spacial score (nSPS) is 10.6. The Balaban J connectivity index is 1.70. The van der Waals surface area contributed by atoms with Crippen LogP contribution < -0.4 is 14.8 Å². The van der Waals surface area contributed by atoms with Gasteiger partial charge in [-0.3, -0.25) is 14.9 Å². The molecule has 0 radical (unpaired) electrons. The molecule has 8 nitrogen and oxygen atoms in total. The smallest absolute Gasteiger partial charge is 0.286 e. The number of methoxy groups -OCH3 is 2. The van der Waals surface area contributed by atoms with Gasteiger partial charge in [-0.05, 0) is 18.2 Å². The molecule has 1 heterocycles. The Bertz CT molecular complexity index is 1390. The van der Waals surface area contributed by atoms with Gasteiger partial charge in [0.05, 0.1) is 36.6 Å². The van der Waals surface area contributed by atoms with Gasteiger partial charge < -0.3 is 14.8 Å². The molecule has 4 aromatic rings. The van der Waals surface area contributed by atoms with Gasteiger partial charge in [0.2, 0.25) is 0 Å². The highest BCUT2D eigenvalue weighted by Gasteiger charge is 2.25. The second-order valence-corrected chi connectivity index (χ2v) is 7.86. The quantitative estimate of drug-likeness (QED) is 0.266. The predicted octanol–water partition coefficient (Wildman–Crippen LogP) is 5.79. The molecule has 0 saturated carbocycles. The molecule has 0 aliphatic rings. The molecule has 34 heavy (non-hydrogen) atoms. The van der Waals surface area contributed by atoms with E-state index in [0.717, 1.165) is 6.07 Å². The lowest BCUT2D eigenvalue weighted by Gasteiger charge is -2.12. The molecule has 4 rings (SSSR count). The number of carbonyl (C=O) groups is 1. The van der Waals surface area contributed by atoms with Crippen molar-refractivity contribution in [2.45, 2.75) is 0 Å². The first-order valence-electron chi connectivity index (χ1n) is 9.94. The van der Waals surface area contributed by atoms with Crippen LogP contribution in [0.5, 0.6) is 11.5 Å². The Kier molecular flexibility index (Phi) is 6.51. The van der Waals surface area contributed by atoms with E-state index in [-0.39, 0.29) is 22.9 Å². The summed E-state index contributed by atoms with van der Waals surface area (Å²) in [7, 11) is 2.72. The first-order chi connectivity index (χ1) is 16.4. The molecule has 0 fully saturated rings. The summed E-state index contributed by atoms with van der Waals surface area (Å²) in [4.78, 5) is 28.5. The minimum Gasteiger partial charge on any atom is -0.493 e. The molecule has 1 N–H and O–H groups in total. The van der Waals surface area contributed by atoms with Crippen LogP contribution in [0.15, 0.2) is 66.0 Å². The molecule has 1 amide bonds. The highest BCUT2D eigenvalue weighted by atomic mass is 32.1. The van der Waals surface area contributed by atoms with Crippen molar-refractivity contribution in [1.29, 1.82) is 0 Å². The number of amides is 1. The maximum absolute atomic E-state index is 14.2. The lowest BCUT2D eigenvalue weighted by molar-refractivity contribution is -0.385. The number of anilines is 1. The van der Waals surface area contributed by atoms with Crippen LogP contribution >= 0.6 is 11.3 Å². The molecule has 3 aromatic carbocycles. The van der Waals surface area contributed by atoms with Crippen LogP contribution in [0.1, 0.15) is 10.4 Å². The van der Waals surface area contributed by atoms with E-state index in [1.165, 1.54) is 37.7 Å². The fraction of sp³-hybridized carbons (Fsp3) is 0.0833. The molecule has 0 unspecified atom stereocenters. The number of nitro benzene ring substituents is 1. The van der Waals surface area contributed by atoms with Gasteiger partial charge in [-0.1, -0.05) is 30.3 Å². The molecular weight excluding hydrogens is 461 g/mol. The zero-order valence-electron chi connectivity index (χ0n) is 18.1. The number of nitrogens with one attached hydrogen (secondary N) is 1. The zero-order valence-corrected chi connectivity index (χ0v) is 18.9. The number of rotatable bonds is 7. The predicted molar refractivity (Wildman–Crippen MR) is 127 cm³/mol. The average Bonchev–Trinajstić information content (AvgIpc) is 3.33. The van der Waals surface area contributed by atoms with Crippen LogP contribution in [0, 0.1) is 15.9 Å². The average molecular weight is 479 g/mol. The first kappa shape index (κ1) is 22.9. The van der Waals surface area contributed by atoms with Crippen LogP contribution in [0.3, 0.4) is 0 Å². The summed E-state index contributed by atoms with van der Waals surface area (Å²) in [5.74, 6) is -0.773. The third kappa shape index (κ3) is 4.44. The lowest BCUT2D eigenvalue weighted by atomic mass is 10.1. The third-order valence-corrected chi connectivity index (χ3v) is 5.88. The number of nitrogens with zero attached hydrogens (tertiary/aromatic N) is 2. The monoisotopic (exact) mass is 479 g/mol. The Morgan fingerprint density at radius 2 is 1.68 bits per heavy atom. The van der Waals surface area contributed by atoms with Crippen LogP contribution in [-0.2, 0) is 0 Å². The van der Waals surface area contributed by atoms with E-state index in [9.17, 15) is 19.3 Å². The van der Waals surface area contributed by atoms with E-state index in [1.807, 2.05) is 0 Å². The number of carbonyl (C=O) groups excluding carboxylic acids is 1. The number of thiazole rings is 1. The number of benzene rings is 3. The van der Waals surface area contributed by atoms with Crippen molar-refractivity contribution < 1.29 is 23.6 Å². The molecule has 1 aromatic heterocycles. The van der Waals surface area contributed by atoms with Crippen LogP contribution in [0.4, 0.5) is 15.8 Å². The van der Waals surface area contributed by atoms with Crippen molar-refractivity contribution >= 4 is 28.6 Å². The van der Waals surface area contributed by atoms with Gasteiger partial charge in [0.1, 0.15) is 16.4 Å². The van der Waals surface area contributed by atoms with E-state index < -0.39 is 16.5 Å². The molecule has 0 bridgehead atoms. The number of aromatic nitrogens is 1. The Hall–Kier alpha value is -4.31. The number of para-hydroxylation sites is 1. The highest BCUT2D eigenvalue weighted by Crippen LogP contribution is 2.37. The summed E-state index contributed by atoms with van der Waals surface area (Å²) in [6.45, 7) is 0. The minimum atomic E-state index is -0.704. The number of ether oxygens (including phenoxy) is 2. The zero-order chi connectivity index (χ0) is 24.2. The Morgan fingerprint density at radius 1 is 1.03 bits per heavy atom. The van der Waals surface area contributed by atoms with Crippen LogP contribution in [-0.4, -0.2) is 30.0 Å². The second kappa shape index (κ2) is 9.67. The van der Waals surface area contributed by atoms with E-state index >= 15 is 0 Å². The van der Waals surface area contributed by atoms with Crippen molar-refractivity contribution in [1.82, 2.24) is 4.98 Å². The van der Waals surface area contributed by atoms with Gasteiger partial charge in [0.15, 0.2) is 11.5 Å². The first-order valence-corrected chi connectivity index (χ1v) is 10.8. The van der Waals surface area contributed by atoms with Crippen molar-refractivity contribution in [2.75, 3.05) is 19.5 Å². The van der Waals surface area contributed by atoms with Gasteiger partial charge >= 0.3 is 0 Å². The largest absolute Gasteiger partial charge is 0.493 e. The second-order valence-electron chi connectivity index (χ2n) is 7.00. The Labute approximate surface area is 197 Å². The maximum Gasteiger partial charge on any atom is 0.286 e. The van der Waals surface area contributed by atoms with E-state index in [1.54, 1.807) is 47.8 Å². The Morgan fingerprint density at radius 3 is 2.35 bits per heavy atom. The molecule has 10 heteroatoms. The van der Waals surface area contributed by atoms with Crippen LogP contribution in [0.25, 0.3) is 21.8 Å². The number of hydrogen-bond acceptors (Lipinski definition) is 7. The fourth-order valence-electron chi connectivity index (χ4n) is 3.36. The molecule has 0 saturated heterocycles. The van der Waals surface area contributed by atoms with Crippen molar-refractivity contribution in [3.8, 4) is 33.3 Å². The number of nitro groups is 1. The molecule has 0 aliphatic heterocycles. The summed E-state index contributed by atoms with van der Waals surface area (Å²) < 4.78 is 24.5. The van der Waals surface area contributed by atoms with Gasteiger partial charge in [-0.25, -0.2) is 9.37 Å². The molecule has 0 spiro atoms. The standard InChI is InChI=1S/C24H18FN3O5S/c1-32-21-11-16(20(28(30)31)12-22(21)33-2)23(29)26-18-10-6-4-8-15(18)19-13-34-24(27-19)14-7-3-5-9-17(14)25/h3-13H,1-2H3,(H,26,29). The van der Waals surface area contributed by atoms with Crippen molar-refractivity contribution in [3.63, 3.8) is 0 Å². The van der Waals surface area contributed by atoms with E-state index in [4.69, 9.17) is 9.47 Å². The topological polar surface area (TPSA) is 104 Å². The van der Waals surface area contributed by atoms with Gasteiger partial charge in [0, 0.05) is 22.6 Å². The van der Waals surface area contributed by atoms with Gasteiger partial charge in [0.25, 0.3) is 11.6 Å². The summed E-state index contributed by atoms with van der Waals surface area (Å²) in [6, 6.07) is 15.6. The summed E-state index contributed by atoms with van der Waals surface area (Å²) in [5, 5.41) is 16.6. The van der Waals surface area contributed by atoms with Crippen molar-refractivity contribution in [2.24, 2.45) is 0 Å². The fourth-order valence-corrected chi connectivity index (χ4v) is 4.21. The lowest BCUT2D eigenvalue weighted by Crippen LogP contribution is -2.15. The summed E-state index contributed by atoms with van der Waals surface area (Å²) in [6.07, 6.45) is 0. The van der Waals surface area contributed by atoms with Gasteiger partial charge in [-0.2, -0.15) is 0 Å². The third-order valence-electron chi connectivity index (χ3n) is 5.00. The SMILES string of the molecule is COc1cc(C(=O)Nc2ccccc2-c2csc(-c3ccccc3F)n2)c([N+](=O)[O-])cc1OC. The summed E-state index contributed by atoms with van der Waals surface area (Å²) in [5.41, 5.74) is 1.26.